The Hall–Kier alpha value is -1.22. The summed E-state index contributed by atoms with van der Waals surface area (Å²) in [7, 11) is 0. The molecule has 3 heteroatoms. The van der Waals surface area contributed by atoms with Gasteiger partial charge in [-0.3, -0.25) is 0 Å². The fourth-order valence-corrected chi connectivity index (χ4v) is 1.55. The van der Waals surface area contributed by atoms with Crippen molar-refractivity contribution in [2.24, 2.45) is 5.92 Å². The van der Waals surface area contributed by atoms with Gasteiger partial charge in [-0.05, 0) is 37.1 Å². The maximum Gasteiger partial charge on any atom is 0.126 e. The number of halogens is 2. The fraction of sp³-hybridized carbons (Fsp3) is 0.429. The predicted octanol–water partition coefficient (Wildman–Crippen LogP) is 3.61. The molecule has 1 N–H and O–H groups in total. The summed E-state index contributed by atoms with van der Waals surface area (Å²) >= 11 is 0. The van der Waals surface area contributed by atoms with Crippen LogP contribution < -0.4 is 5.32 Å². The summed E-state index contributed by atoms with van der Waals surface area (Å²) in [6.07, 6.45) is 1.79. The van der Waals surface area contributed by atoms with E-state index in [1.54, 1.807) is 6.08 Å². The van der Waals surface area contributed by atoms with Gasteiger partial charge in [0, 0.05) is 12.6 Å². The molecule has 0 atom stereocenters. The maximum atomic E-state index is 13.0. The summed E-state index contributed by atoms with van der Waals surface area (Å²) < 4.78 is 25.9. The van der Waals surface area contributed by atoms with E-state index in [9.17, 15) is 8.78 Å². The SMILES string of the molecule is C/C(=C\c1cc(F)cc(F)c1)CNCC(C)C. The van der Waals surface area contributed by atoms with Crippen LogP contribution >= 0.6 is 0 Å². The smallest absolute Gasteiger partial charge is 0.126 e. The van der Waals surface area contributed by atoms with Crippen LogP contribution in [-0.4, -0.2) is 13.1 Å². The number of benzene rings is 1. The van der Waals surface area contributed by atoms with E-state index in [0.29, 0.717) is 11.5 Å². The molecular weight excluding hydrogens is 220 g/mol. The molecule has 1 aromatic rings. The third-order valence-corrected chi connectivity index (χ3v) is 2.25. The zero-order valence-corrected chi connectivity index (χ0v) is 10.6. The van der Waals surface area contributed by atoms with Crippen LogP contribution in [0.3, 0.4) is 0 Å². The van der Waals surface area contributed by atoms with Crippen molar-refractivity contribution in [3.05, 3.63) is 41.0 Å². The van der Waals surface area contributed by atoms with Gasteiger partial charge >= 0.3 is 0 Å². The second-order valence-electron chi connectivity index (χ2n) is 4.72. The van der Waals surface area contributed by atoms with Gasteiger partial charge in [0.2, 0.25) is 0 Å². The zero-order chi connectivity index (χ0) is 12.8. The third kappa shape index (κ3) is 5.59. The lowest BCUT2D eigenvalue weighted by molar-refractivity contribution is 0.572. The molecular formula is C14H19F2N. The van der Waals surface area contributed by atoms with E-state index in [2.05, 4.69) is 19.2 Å². The highest BCUT2D eigenvalue weighted by molar-refractivity contribution is 5.52. The van der Waals surface area contributed by atoms with Crippen LogP contribution in [0.1, 0.15) is 26.3 Å². The molecule has 0 aliphatic heterocycles. The van der Waals surface area contributed by atoms with Gasteiger partial charge in [-0.1, -0.05) is 25.5 Å². The first kappa shape index (κ1) is 13.8. The van der Waals surface area contributed by atoms with Crippen molar-refractivity contribution >= 4 is 6.08 Å². The van der Waals surface area contributed by atoms with Crippen LogP contribution in [0.2, 0.25) is 0 Å². The first-order valence-electron chi connectivity index (χ1n) is 5.81. The van der Waals surface area contributed by atoms with Crippen LogP contribution in [-0.2, 0) is 0 Å². The average molecular weight is 239 g/mol. The lowest BCUT2D eigenvalue weighted by Gasteiger charge is -2.07. The van der Waals surface area contributed by atoms with Crippen molar-refractivity contribution in [1.29, 1.82) is 0 Å². The van der Waals surface area contributed by atoms with Crippen molar-refractivity contribution < 1.29 is 8.78 Å². The van der Waals surface area contributed by atoms with Gasteiger partial charge in [0.1, 0.15) is 11.6 Å². The van der Waals surface area contributed by atoms with Gasteiger partial charge in [-0.2, -0.15) is 0 Å². The van der Waals surface area contributed by atoms with Crippen LogP contribution in [0.5, 0.6) is 0 Å². The van der Waals surface area contributed by atoms with Gasteiger partial charge < -0.3 is 5.32 Å². The summed E-state index contributed by atoms with van der Waals surface area (Å²) in [5.41, 5.74) is 1.61. The first-order chi connectivity index (χ1) is 7.97. The van der Waals surface area contributed by atoms with Crippen molar-refractivity contribution in [1.82, 2.24) is 5.32 Å². The molecule has 0 amide bonds. The van der Waals surface area contributed by atoms with Crippen LogP contribution in [0.15, 0.2) is 23.8 Å². The molecule has 1 nitrogen and oxygen atoms in total. The Kier molecular flexibility index (Phi) is 5.29. The largest absolute Gasteiger partial charge is 0.313 e. The molecule has 0 bridgehead atoms. The summed E-state index contributed by atoms with van der Waals surface area (Å²) in [4.78, 5) is 0. The lowest BCUT2D eigenvalue weighted by Crippen LogP contribution is -2.21. The van der Waals surface area contributed by atoms with Crippen molar-refractivity contribution in [2.75, 3.05) is 13.1 Å². The molecule has 0 saturated heterocycles. The predicted molar refractivity (Wildman–Crippen MR) is 67.7 cm³/mol. The molecule has 0 saturated carbocycles. The summed E-state index contributed by atoms with van der Waals surface area (Å²) in [6, 6.07) is 3.54. The van der Waals surface area contributed by atoms with Gasteiger partial charge in [0.05, 0.1) is 0 Å². The third-order valence-electron chi connectivity index (χ3n) is 2.25. The quantitative estimate of drug-likeness (QED) is 0.827. The molecule has 1 rings (SSSR count). The molecule has 94 valence electrons. The second-order valence-corrected chi connectivity index (χ2v) is 4.72. The minimum Gasteiger partial charge on any atom is -0.313 e. The molecule has 17 heavy (non-hydrogen) atoms. The molecule has 0 aromatic heterocycles. The van der Waals surface area contributed by atoms with Gasteiger partial charge in [0.25, 0.3) is 0 Å². The Morgan fingerprint density at radius 2 is 1.82 bits per heavy atom. The molecule has 0 aliphatic rings. The second kappa shape index (κ2) is 6.50. The zero-order valence-electron chi connectivity index (χ0n) is 10.6. The Bertz CT molecular complexity index is 377. The van der Waals surface area contributed by atoms with Crippen molar-refractivity contribution in [2.45, 2.75) is 20.8 Å². The lowest BCUT2D eigenvalue weighted by atomic mass is 10.1. The molecule has 0 heterocycles. The maximum absolute atomic E-state index is 13.0. The fourth-order valence-electron chi connectivity index (χ4n) is 1.55. The minimum atomic E-state index is -0.542. The number of rotatable bonds is 5. The first-order valence-corrected chi connectivity index (χ1v) is 5.81. The number of hydrogen-bond donors (Lipinski definition) is 1. The number of nitrogens with one attached hydrogen (secondary N) is 1. The van der Waals surface area contributed by atoms with E-state index in [1.807, 2.05) is 6.92 Å². The Morgan fingerprint density at radius 3 is 2.35 bits per heavy atom. The van der Waals surface area contributed by atoms with E-state index in [0.717, 1.165) is 24.7 Å². The average Bonchev–Trinajstić information content (AvgIpc) is 2.14. The van der Waals surface area contributed by atoms with Gasteiger partial charge in [0.15, 0.2) is 0 Å². The van der Waals surface area contributed by atoms with Crippen molar-refractivity contribution in [3.63, 3.8) is 0 Å². The molecule has 0 aliphatic carbocycles. The van der Waals surface area contributed by atoms with Gasteiger partial charge in [-0.25, -0.2) is 8.78 Å². The highest BCUT2D eigenvalue weighted by atomic mass is 19.1. The van der Waals surface area contributed by atoms with Crippen molar-refractivity contribution in [3.8, 4) is 0 Å². The molecule has 0 unspecified atom stereocenters. The normalized spacial score (nSPS) is 12.2. The molecule has 1 aromatic carbocycles. The standard InChI is InChI=1S/C14H19F2N/c1-10(2)8-17-9-11(3)4-12-5-13(15)7-14(16)6-12/h4-7,10,17H,8-9H2,1-3H3/b11-4+. The van der Waals surface area contributed by atoms with Crippen LogP contribution in [0.25, 0.3) is 6.08 Å². The van der Waals surface area contributed by atoms with Crippen LogP contribution in [0.4, 0.5) is 8.78 Å². The van der Waals surface area contributed by atoms with Crippen LogP contribution in [0, 0.1) is 17.6 Å². The minimum absolute atomic E-state index is 0.542. The van der Waals surface area contributed by atoms with E-state index in [1.165, 1.54) is 12.1 Å². The van der Waals surface area contributed by atoms with E-state index in [-0.39, 0.29) is 0 Å². The number of hydrogen-bond acceptors (Lipinski definition) is 1. The summed E-state index contributed by atoms with van der Waals surface area (Å²) in [6.45, 7) is 7.87. The Balaban J connectivity index is 2.60. The van der Waals surface area contributed by atoms with Gasteiger partial charge in [-0.15, -0.1) is 0 Å². The van der Waals surface area contributed by atoms with E-state index >= 15 is 0 Å². The highest BCUT2D eigenvalue weighted by Gasteiger charge is 1.99. The monoisotopic (exact) mass is 239 g/mol. The Morgan fingerprint density at radius 1 is 1.24 bits per heavy atom. The molecule has 0 fully saturated rings. The van der Waals surface area contributed by atoms with E-state index < -0.39 is 11.6 Å². The molecule has 0 spiro atoms. The Labute approximate surface area is 102 Å². The van der Waals surface area contributed by atoms with E-state index in [4.69, 9.17) is 0 Å². The topological polar surface area (TPSA) is 12.0 Å². The highest BCUT2D eigenvalue weighted by Crippen LogP contribution is 2.11. The summed E-state index contributed by atoms with van der Waals surface area (Å²) in [5.74, 6) is -0.493. The molecule has 0 radical (unpaired) electrons. The summed E-state index contributed by atoms with van der Waals surface area (Å²) in [5, 5.41) is 3.28.